The van der Waals surface area contributed by atoms with Gasteiger partial charge >= 0.3 is 0 Å². The number of carbonyl (C=O) groups is 2. The van der Waals surface area contributed by atoms with Gasteiger partial charge in [-0.15, -0.1) is 0 Å². The average molecular weight is 254 g/mol. The van der Waals surface area contributed by atoms with E-state index >= 15 is 0 Å². The Balaban J connectivity index is 1.81. The molecule has 1 aliphatic heterocycles. The smallest absolute Gasteiger partial charge is 0.225 e. The summed E-state index contributed by atoms with van der Waals surface area (Å²) in [7, 11) is 0. The second kappa shape index (κ2) is 5.26. The standard InChI is InChI=1S/C13H22N2O3/c1-8(5-9(2)16)14-13(18)10-6-12(17)15(7-10)11-3-4-11/h8-11,16H,3-7H2,1-2H3,(H,14,18). The number of aliphatic hydroxyl groups excluding tert-OH is 1. The molecule has 0 bridgehead atoms. The lowest BCUT2D eigenvalue weighted by Crippen LogP contribution is -2.39. The van der Waals surface area contributed by atoms with Crippen LogP contribution in [0.1, 0.15) is 39.5 Å². The van der Waals surface area contributed by atoms with Crippen molar-refractivity contribution in [2.24, 2.45) is 5.92 Å². The van der Waals surface area contributed by atoms with Crippen molar-refractivity contribution in [3.63, 3.8) is 0 Å². The highest BCUT2D eigenvalue weighted by Gasteiger charge is 2.41. The molecule has 3 atom stereocenters. The molecule has 2 rings (SSSR count). The summed E-state index contributed by atoms with van der Waals surface area (Å²) in [6.45, 7) is 4.15. The molecule has 0 aromatic rings. The van der Waals surface area contributed by atoms with E-state index in [4.69, 9.17) is 0 Å². The van der Waals surface area contributed by atoms with Crippen LogP contribution < -0.4 is 5.32 Å². The molecule has 0 spiro atoms. The number of nitrogens with zero attached hydrogens (tertiary/aromatic N) is 1. The fraction of sp³-hybridized carbons (Fsp3) is 0.846. The largest absolute Gasteiger partial charge is 0.393 e. The maximum atomic E-state index is 12.0. The van der Waals surface area contributed by atoms with Crippen LogP contribution in [0.4, 0.5) is 0 Å². The molecule has 5 nitrogen and oxygen atoms in total. The molecule has 0 radical (unpaired) electrons. The topological polar surface area (TPSA) is 69.6 Å². The molecule has 1 aliphatic carbocycles. The Kier molecular flexibility index (Phi) is 3.90. The molecule has 0 aromatic heterocycles. The predicted octanol–water partition coefficient (Wildman–Crippen LogP) is 0.273. The number of aliphatic hydroxyl groups is 1. The molecule has 2 fully saturated rings. The highest BCUT2D eigenvalue weighted by Crippen LogP contribution is 2.32. The molecule has 1 heterocycles. The molecule has 18 heavy (non-hydrogen) atoms. The molecule has 1 saturated carbocycles. The van der Waals surface area contributed by atoms with Gasteiger partial charge in [0.2, 0.25) is 11.8 Å². The first-order valence-corrected chi connectivity index (χ1v) is 6.75. The number of hydrogen-bond donors (Lipinski definition) is 2. The second-order valence-corrected chi connectivity index (χ2v) is 5.67. The van der Waals surface area contributed by atoms with Gasteiger partial charge in [-0.2, -0.15) is 0 Å². The van der Waals surface area contributed by atoms with E-state index in [0.29, 0.717) is 25.4 Å². The zero-order valence-corrected chi connectivity index (χ0v) is 11.1. The Labute approximate surface area is 108 Å². The van der Waals surface area contributed by atoms with Crippen LogP contribution in [-0.4, -0.2) is 46.6 Å². The van der Waals surface area contributed by atoms with E-state index in [1.807, 2.05) is 11.8 Å². The van der Waals surface area contributed by atoms with Gasteiger partial charge in [-0.3, -0.25) is 9.59 Å². The minimum Gasteiger partial charge on any atom is -0.393 e. The van der Waals surface area contributed by atoms with Gasteiger partial charge in [-0.1, -0.05) is 0 Å². The Bertz CT molecular complexity index is 339. The fourth-order valence-electron chi connectivity index (χ4n) is 2.58. The molecular formula is C13H22N2O3. The average Bonchev–Trinajstić information content (AvgIpc) is 3.00. The highest BCUT2D eigenvalue weighted by atomic mass is 16.3. The monoisotopic (exact) mass is 254 g/mol. The molecule has 5 heteroatoms. The van der Waals surface area contributed by atoms with Crippen LogP contribution in [0, 0.1) is 5.92 Å². The van der Waals surface area contributed by atoms with Gasteiger partial charge in [0.05, 0.1) is 12.0 Å². The van der Waals surface area contributed by atoms with E-state index in [-0.39, 0.29) is 23.8 Å². The van der Waals surface area contributed by atoms with Gasteiger partial charge in [-0.25, -0.2) is 0 Å². The van der Waals surface area contributed by atoms with Crippen LogP contribution in [0.15, 0.2) is 0 Å². The van der Waals surface area contributed by atoms with E-state index < -0.39 is 6.10 Å². The minimum absolute atomic E-state index is 0.0532. The lowest BCUT2D eigenvalue weighted by molar-refractivity contribution is -0.129. The first kappa shape index (κ1) is 13.3. The van der Waals surface area contributed by atoms with Crippen LogP contribution in [0.25, 0.3) is 0 Å². The summed E-state index contributed by atoms with van der Waals surface area (Å²) in [5, 5.41) is 12.1. The summed E-state index contributed by atoms with van der Waals surface area (Å²) in [5.41, 5.74) is 0. The quantitative estimate of drug-likeness (QED) is 0.740. The van der Waals surface area contributed by atoms with Gasteiger partial charge in [0, 0.05) is 25.0 Å². The van der Waals surface area contributed by atoms with Gasteiger partial charge < -0.3 is 15.3 Å². The fourth-order valence-corrected chi connectivity index (χ4v) is 2.58. The van der Waals surface area contributed by atoms with Gasteiger partial charge in [-0.05, 0) is 33.1 Å². The summed E-state index contributed by atoms with van der Waals surface area (Å²) in [6.07, 6.45) is 2.62. The minimum atomic E-state index is -0.423. The van der Waals surface area contributed by atoms with E-state index in [0.717, 1.165) is 12.8 Å². The van der Waals surface area contributed by atoms with Crippen molar-refractivity contribution >= 4 is 11.8 Å². The van der Waals surface area contributed by atoms with Crippen LogP contribution in [0.5, 0.6) is 0 Å². The van der Waals surface area contributed by atoms with Crippen molar-refractivity contribution in [1.82, 2.24) is 10.2 Å². The van der Waals surface area contributed by atoms with Crippen LogP contribution >= 0.6 is 0 Å². The number of rotatable bonds is 5. The SMILES string of the molecule is CC(O)CC(C)NC(=O)C1CC(=O)N(C2CC2)C1. The molecule has 2 aliphatic rings. The lowest BCUT2D eigenvalue weighted by Gasteiger charge is -2.19. The van der Waals surface area contributed by atoms with Crippen molar-refractivity contribution in [2.45, 2.75) is 57.7 Å². The molecule has 0 aromatic carbocycles. The number of carbonyl (C=O) groups excluding carboxylic acids is 2. The van der Waals surface area contributed by atoms with Gasteiger partial charge in [0.25, 0.3) is 0 Å². The van der Waals surface area contributed by atoms with Crippen molar-refractivity contribution in [1.29, 1.82) is 0 Å². The normalized spacial score (nSPS) is 27.2. The maximum absolute atomic E-state index is 12.0. The van der Waals surface area contributed by atoms with Crippen molar-refractivity contribution < 1.29 is 14.7 Å². The molecule has 102 valence electrons. The Hall–Kier alpha value is -1.10. The highest BCUT2D eigenvalue weighted by molar-refractivity contribution is 5.89. The number of likely N-dealkylation sites (tertiary alicyclic amines) is 1. The third-order valence-electron chi connectivity index (χ3n) is 3.60. The van der Waals surface area contributed by atoms with Crippen LogP contribution in [0.2, 0.25) is 0 Å². The zero-order valence-electron chi connectivity index (χ0n) is 11.1. The van der Waals surface area contributed by atoms with Crippen molar-refractivity contribution in [3.8, 4) is 0 Å². The number of amides is 2. The molecule has 2 N–H and O–H groups in total. The van der Waals surface area contributed by atoms with E-state index in [9.17, 15) is 14.7 Å². The zero-order chi connectivity index (χ0) is 13.3. The Morgan fingerprint density at radius 2 is 2.17 bits per heavy atom. The van der Waals surface area contributed by atoms with E-state index in [1.54, 1.807) is 6.92 Å². The second-order valence-electron chi connectivity index (χ2n) is 5.67. The summed E-state index contributed by atoms with van der Waals surface area (Å²) in [6, 6.07) is 0.341. The predicted molar refractivity (Wildman–Crippen MR) is 66.7 cm³/mol. The summed E-state index contributed by atoms with van der Waals surface area (Å²) in [5.74, 6) is -0.157. The third-order valence-corrected chi connectivity index (χ3v) is 3.60. The summed E-state index contributed by atoms with van der Waals surface area (Å²) in [4.78, 5) is 25.6. The molecule has 1 saturated heterocycles. The van der Waals surface area contributed by atoms with Crippen molar-refractivity contribution in [3.05, 3.63) is 0 Å². The molecule has 2 amide bonds. The van der Waals surface area contributed by atoms with Gasteiger partial charge in [0.1, 0.15) is 0 Å². The summed E-state index contributed by atoms with van der Waals surface area (Å²) < 4.78 is 0. The van der Waals surface area contributed by atoms with E-state index in [2.05, 4.69) is 5.32 Å². The van der Waals surface area contributed by atoms with Crippen LogP contribution in [0.3, 0.4) is 0 Å². The first-order valence-electron chi connectivity index (χ1n) is 6.75. The third kappa shape index (κ3) is 3.22. The van der Waals surface area contributed by atoms with Gasteiger partial charge in [0.15, 0.2) is 0 Å². The Morgan fingerprint density at radius 3 is 2.72 bits per heavy atom. The number of nitrogens with one attached hydrogen (secondary N) is 1. The maximum Gasteiger partial charge on any atom is 0.225 e. The Morgan fingerprint density at radius 1 is 1.50 bits per heavy atom. The van der Waals surface area contributed by atoms with E-state index in [1.165, 1.54) is 0 Å². The molecule has 3 unspecified atom stereocenters. The van der Waals surface area contributed by atoms with Crippen LogP contribution in [-0.2, 0) is 9.59 Å². The lowest BCUT2D eigenvalue weighted by atomic mass is 10.1. The number of hydrogen-bond acceptors (Lipinski definition) is 3. The first-order chi connectivity index (χ1) is 8.47. The molecular weight excluding hydrogens is 232 g/mol. The summed E-state index contributed by atoms with van der Waals surface area (Å²) >= 11 is 0. The van der Waals surface area contributed by atoms with Crippen molar-refractivity contribution in [2.75, 3.05) is 6.54 Å².